The Labute approximate surface area is 85.8 Å². The number of halogens is 2. The molecule has 0 bridgehead atoms. The first-order valence-electron chi connectivity index (χ1n) is 3.22. The van der Waals surface area contributed by atoms with E-state index in [1.807, 2.05) is 0 Å². The van der Waals surface area contributed by atoms with Gasteiger partial charge in [-0.2, -0.15) is 0 Å². The van der Waals surface area contributed by atoms with Crippen molar-refractivity contribution in [3.63, 3.8) is 0 Å². The molecule has 1 rings (SSSR count). The van der Waals surface area contributed by atoms with Gasteiger partial charge in [-0.05, 0) is 6.92 Å². The molecule has 1 heterocycles. The molecule has 1 aromatic rings. The zero-order chi connectivity index (χ0) is 10.2. The monoisotopic (exact) mass is 240 g/mol. The lowest BCUT2D eigenvalue weighted by atomic mass is 10.6. The highest BCUT2D eigenvalue weighted by atomic mass is 35.5. The number of aromatic nitrogens is 2. The van der Waals surface area contributed by atoms with Crippen LogP contribution in [0, 0.1) is 6.92 Å². The molecule has 0 spiro atoms. The molecule has 0 atom stereocenters. The Bertz CT molecular complexity index is 421. The first kappa shape index (κ1) is 10.7. The van der Waals surface area contributed by atoms with Crippen LogP contribution >= 0.6 is 23.2 Å². The van der Waals surface area contributed by atoms with E-state index < -0.39 is 9.84 Å². The van der Waals surface area contributed by atoms with Gasteiger partial charge < -0.3 is 0 Å². The highest BCUT2D eigenvalue weighted by Crippen LogP contribution is 2.25. The van der Waals surface area contributed by atoms with E-state index >= 15 is 0 Å². The van der Waals surface area contributed by atoms with Gasteiger partial charge in [0.25, 0.3) is 0 Å². The Balaban J connectivity index is 3.57. The summed E-state index contributed by atoms with van der Waals surface area (Å²) >= 11 is 11.2. The SMILES string of the molecule is Cc1nc(Cl)c(S(C)(=O)=O)c(Cl)n1. The molecule has 13 heavy (non-hydrogen) atoms. The van der Waals surface area contributed by atoms with Gasteiger partial charge in [0.1, 0.15) is 10.7 Å². The van der Waals surface area contributed by atoms with Crippen molar-refractivity contribution in [2.45, 2.75) is 11.8 Å². The molecule has 0 saturated heterocycles. The molecule has 0 unspecified atom stereocenters. The van der Waals surface area contributed by atoms with Crippen LogP contribution in [0.5, 0.6) is 0 Å². The van der Waals surface area contributed by atoms with Crippen molar-refractivity contribution in [2.24, 2.45) is 0 Å². The third-order valence-electron chi connectivity index (χ3n) is 1.27. The minimum Gasteiger partial charge on any atom is -0.224 e. The van der Waals surface area contributed by atoms with Crippen LogP contribution in [-0.2, 0) is 9.84 Å². The number of hydrogen-bond donors (Lipinski definition) is 0. The lowest BCUT2D eigenvalue weighted by Gasteiger charge is -2.03. The van der Waals surface area contributed by atoms with Gasteiger partial charge in [-0.1, -0.05) is 23.2 Å². The molecular weight excluding hydrogens is 235 g/mol. The number of rotatable bonds is 1. The van der Waals surface area contributed by atoms with Gasteiger partial charge in [0.05, 0.1) is 0 Å². The Morgan fingerprint density at radius 1 is 1.15 bits per heavy atom. The second-order valence-electron chi connectivity index (χ2n) is 2.45. The fraction of sp³-hybridized carbons (Fsp3) is 0.333. The van der Waals surface area contributed by atoms with Crippen LogP contribution in [0.25, 0.3) is 0 Å². The minimum absolute atomic E-state index is 0.139. The second-order valence-corrected chi connectivity index (χ2v) is 5.12. The van der Waals surface area contributed by atoms with Crippen LogP contribution in [0.4, 0.5) is 0 Å². The quantitative estimate of drug-likeness (QED) is 0.699. The fourth-order valence-corrected chi connectivity index (χ4v) is 2.82. The predicted molar refractivity (Wildman–Crippen MR) is 49.9 cm³/mol. The first-order chi connectivity index (χ1) is 5.82. The highest BCUT2D eigenvalue weighted by Gasteiger charge is 2.19. The van der Waals surface area contributed by atoms with Crippen LogP contribution in [-0.4, -0.2) is 24.6 Å². The van der Waals surface area contributed by atoms with E-state index in [4.69, 9.17) is 23.2 Å². The lowest BCUT2D eigenvalue weighted by molar-refractivity contribution is 0.601. The maximum Gasteiger partial charge on any atom is 0.181 e. The van der Waals surface area contributed by atoms with E-state index in [0.717, 1.165) is 6.26 Å². The van der Waals surface area contributed by atoms with Crippen molar-refractivity contribution in [3.8, 4) is 0 Å². The first-order valence-corrected chi connectivity index (χ1v) is 5.87. The average Bonchev–Trinajstić information content (AvgIpc) is 1.78. The van der Waals surface area contributed by atoms with Gasteiger partial charge >= 0.3 is 0 Å². The molecule has 72 valence electrons. The summed E-state index contributed by atoms with van der Waals surface area (Å²) in [6.45, 7) is 1.57. The van der Waals surface area contributed by atoms with Gasteiger partial charge in [-0.15, -0.1) is 0 Å². The van der Waals surface area contributed by atoms with Gasteiger partial charge in [0.2, 0.25) is 0 Å². The molecule has 0 aromatic carbocycles. The Hall–Kier alpha value is -0.390. The standard InChI is InChI=1S/C6H6Cl2N2O2S/c1-3-9-5(7)4(6(8)10-3)13(2,11)12/h1-2H3. The molecule has 0 aliphatic heterocycles. The normalized spacial score (nSPS) is 11.7. The van der Waals surface area contributed by atoms with Gasteiger partial charge in [-0.3, -0.25) is 0 Å². The van der Waals surface area contributed by atoms with E-state index in [1.165, 1.54) is 0 Å². The van der Waals surface area contributed by atoms with Crippen molar-refractivity contribution in [2.75, 3.05) is 6.26 Å². The summed E-state index contributed by atoms with van der Waals surface area (Å²) in [6, 6.07) is 0. The molecule has 0 aliphatic rings. The molecule has 0 N–H and O–H groups in total. The van der Waals surface area contributed by atoms with Crippen LogP contribution in [0.2, 0.25) is 10.3 Å². The van der Waals surface area contributed by atoms with Crippen molar-refractivity contribution in [3.05, 3.63) is 16.1 Å². The third kappa shape index (κ3) is 2.30. The Kier molecular flexibility index (Phi) is 2.79. The van der Waals surface area contributed by atoms with Gasteiger partial charge in [0.15, 0.2) is 20.1 Å². The van der Waals surface area contributed by atoms with E-state index in [0.29, 0.717) is 5.82 Å². The van der Waals surface area contributed by atoms with Crippen LogP contribution < -0.4 is 0 Å². The number of aryl methyl sites for hydroxylation is 1. The fourth-order valence-electron chi connectivity index (χ4n) is 0.802. The summed E-state index contributed by atoms with van der Waals surface area (Å²) in [7, 11) is -3.47. The summed E-state index contributed by atoms with van der Waals surface area (Å²) in [4.78, 5) is 7.16. The van der Waals surface area contributed by atoms with Crippen LogP contribution in [0.15, 0.2) is 4.90 Å². The molecule has 0 fully saturated rings. The van der Waals surface area contributed by atoms with E-state index in [-0.39, 0.29) is 15.2 Å². The molecule has 0 aliphatic carbocycles. The molecule has 7 heteroatoms. The van der Waals surface area contributed by atoms with Crippen LogP contribution in [0.3, 0.4) is 0 Å². The van der Waals surface area contributed by atoms with Gasteiger partial charge in [-0.25, -0.2) is 18.4 Å². The Morgan fingerprint density at radius 3 is 1.85 bits per heavy atom. The third-order valence-corrected chi connectivity index (χ3v) is 3.16. The molecule has 0 radical (unpaired) electrons. The summed E-state index contributed by atoms with van der Waals surface area (Å²) in [5, 5.41) is -0.278. The summed E-state index contributed by atoms with van der Waals surface area (Å²) in [6.07, 6.45) is 0.999. The molecule has 0 amide bonds. The molecule has 1 aromatic heterocycles. The molecule has 0 saturated carbocycles. The maximum absolute atomic E-state index is 11.1. The van der Waals surface area contributed by atoms with E-state index in [1.54, 1.807) is 6.92 Å². The Morgan fingerprint density at radius 2 is 1.54 bits per heavy atom. The number of sulfone groups is 1. The molecule has 4 nitrogen and oxygen atoms in total. The lowest BCUT2D eigenvalue weighted by Crippen LogP contribution is -2.03. The number of nitrogens with zero attached hydrogens (tertiary/aromatic N) is 2. The van der Waals surface area contributed by atoms with E-state index in [9.17, 15) is 8.42 Å². The topological polar surface area (TPSA) is 59.9 Å². The zero-order valence-corrected chi connectivity index (χ0v) is 9.20. The highest BCUT2D eigenvalue weighted by molar-refractivity contribution is 7.91. The smallest absolute Gasteiger partial charge is 0.181 e. The predicted octanol–water partition coefficient (Wildman–Crippen LogP) is 1.50. The molecular formula is C6H6Cl2N2O2S. The summed E-state index contributed by atoms with van der Waals surface area (Å²) in [5.74, 6) is 0.336. The van der Waals surface area contributed by atoms with Crippen molar-refractivity contribution in [1.82, 2.24) is 9.97 Å². The summed E-state index contributed by atoms with van der Waals surface area (Å²) < 4.78 is 22.3. The summed E-state index contributed by atoms with van der Waals surface area (Å²) in [5.41, 5.74) is 0. The van der Waals surface area contributed by atoms with Crippen molar-refractivity contribution in [1.29, 1.82) is 0 Å². The largest absolute Gasteiger partial charge is 0.224 e. The minimum atomic E-state index is -3.47. The number of hydrogen-bond acceptors (Lipinski definition) is 4. The van der Waals surface area contributed by atoms with Crippen molar-refractivity contribution < 1.29 is 8.42 Å². The second kappa shape index (κ2) is 3.40. The zero-order valence-electron chi connectivity index (χ0n) is 6.88. The van der Waals surface area contributed by atoms with E-state index in [2.05, 4.69) is 9.97 Å². The maximum atomic E-state index is 11.1. The van der Waals surface area contributed by atoms with Gasteiger partial charge in [0, 0.05) is 6.26 Å². The van der Waals surface area contributed by atoms with Crippen molar-refractivity contribution >= 4 is 33.0 Å². The average molecular weight is 241 g/mol. The van der Waals surface area contributed by atoms with Crippen LogP contribution in [0.1, 0.15) is 5.82 Å².